The first kappa shape index (κ1) is 17.2. The number of morpholine rings is 1. The summed E-state index contributed by atoms with van der Waals surface area (Å²) < 4.78 is 6.05. The molecular weight excluding hydrogens is 262 g/mol. The molecule has 0 aromatic rings. The molecule has 0 aromatic carbocycles. The predicted octanol–water partition coefficient (Wildman–Crippen LogP) is 1.95. The van der Waals surface area contributed by atoms with Crippen molar-refractivity contribution in [2.24, 2.45) is 0 Å². The van der Waals surface area contributed by atoms with Crippen molar-refractivity contribution in [2.45, 2.75) is 71.2 Å². The van der Waals surface area contributed by atoms with E-state index >= 15 is 0 Å². The summed E-state index contributed by atoms with van der Waals surface area (Å²) in [7, 11) is 0. The first-order valence-electron chi connectivity index (χ1n) is 8.95. The van der Waals surface area contributed by atoms with Gasteiger partial charge in [-0.05, 0) is 46.7 Å². The Bertz CT molecular complexity index is 298. The Morgan fingerprint density at radius 2 is 2.00 bits per heavy atom. The summed E-state index contributed by atoms with van der Waals surface area (Å²) in [5.41, 5.74) is 0. The SMILES string of the molecule is CCNC(C)C1CCCCN1CC1CN(C(C)C)CCO1. The van der Waals surface area contributed by atoms with E-state index in [0.717, 1.165) is 32.8 Å². The minimum Gasteiger partial charge on any atom is -0.374 e. The lowest BCUT2D eigenvalue weighted by Gasteiger charge is -2.43. The first-order valence-corrected chi connectivity index (χ1v) is 8.95. The van der Waals surface area contributed by atoms with Gasteiger partial charge < -0.3 is 10.1 Å². The molecule has 1 N–H and O–H groups in total. The van der Waals surface area contributed by atoms with Gasteiger partial charge in [-0.2, -0.15) is 0 Å². The van der Waals surface area contributed by atoms with Crippen LogP contribution in [0, 0.1) is 0 Å². The number of nitrogens with zero attached hydrogens (tertiary/aromatic N) is 2. The van der Waals surface area contributed by atoms with Crippen LogP contribution < -0.4 is 5.32 Å². The fourth-order valence-electron chi connectivity index (χ4n) is 3.85. The Kier molecular flexibility index (Phi) is 6.93. The van der Waals surface area contributed by atoms with Gasteiger partial charge in [0, 0.05) is 37.8 Å². The number of rotatable bonds is 6. The van der Waals surface area contributed by atoms with Crippen LogP contribution in [-0.4, -0.2) is 73.4 Å². The third kappa shape index (κ3) is 4.92. The van der Waals surface area contributed by atoms with Gasteiger partial charge in [-0.25, -0.2) is 0 Å². The molecule has 0 amide bonds. The summed E-state index contributed by atoms with van der Waals surface area (Å²) >= 11 is 0. The van der Waals surface area contributed by atoms with E-state index < -0.39 is 0 Å². The molecule has 2 aliphatic rings. The normalized spacial score (nSPS) is 30.7. The highest BCUT2D eigenvalue weighted by atomic mass is 16.5. The largest absolute Gasteiger partial charge is 0.374 e. The predicted molar refractivity (Wildman–Crippen MR) is 88.8 cm³/mol. The second kappa shape index (κ2) is 8.47. The van der Waals surface area contributed by atoms with Gasteiger partial charge in [-0.15, -0.1) is 0 Å². The van der Waals surface area contributed by atoms with E-state index in [1.165, 1.54) is 25.8 Å². The molecular formula is C17H35N3O. The van der Waals surface area contributed by atoms with E-state index in [0.29, 0.717) is 24.2 Å². The number of nitrogens with one attached hydrogen (secondary N) is 1. The van der Waals surface area contributed by atoms with Crippen molar-refractivity contribution < 1.29 is 4.74 Å². The van der Waals surface area contributed by atoms with Crippen LogP contribution in [0.25, 0.3) is 0 Å². The smallest absolute Gasteiger partial charge is 0.0829 e. The highest BCUT2D eigenvalue weighted by Gasteiger charge is 2.31. The summed E-state index contributed by atoms with van der Waals surface area (Å²) in [5.74, 6) is 0. The summed E-state index contributed by atoms with van der Waals surface area (Å²) in [6, 6.07) is 1.89. The third-order valence-corrected chi connectivity index (χ3v) is 5.11. The van der Waals surface area contributed by atoms with Crippen molar-refractivity contribution in [2.75, 3.05) is 39.3 Å². The number of piperidine rings is 1. The second-order valence-corrected chi connectivity index (χ2v) is 6.99. The summed E-state index contributed by atoms with van der Waals surface area (Å²) in [6.45, 7) is 15.6. The van der Waals surface area contributed by atoms with Crippen LogP contribution in [0.1, 0.15) is 47.0 Å². The lowest BCUT2D eigenvalue weighted by Crippen LogP contribution is -2.56. The van der Waals surface area contributed by atoms with E-state index in [1.807, 2.05) is 0 Å². The van der Waals surface area contributed by atoms with Crippen molar-refractivity contribution in [3.05, 3.63) is 0 Å². The maximum Gasteiger partial charge on any atom is 0.0829 e. The zero-order valence-electron chi connectivity index (χ0n) is 14.5. The average Bonchev–Trinajstić information content (AvgIpc) is 2.48. The minimum atomic E-state index is 0.385. The molecule has 2 aliphatic heterocycles. The van der Waals surface area contributed by atoms with Crippen molar-refractivity contribution in [1.29, 1.82) is 0 Å². The molecule has 0 radical (unpaired) electrons. The van der Waals surface area contributed by atoms with Gasteiger partial charge in [-0.3, -0.25) is 9.80 Å². The molecule has 0 bridgehead atoms. The summed E-state index contributed by atoms with van der Waals surface area (Å²) in [4.78, 5) is 5.24. The number of likely N-dealkylation sites (tertiary alicyclic amines) is 1. The standard InChI is InChI=1S/C17H35N3O/c1-5-18-15(4)17-8-6-7-9-20(17)13-16-12-19(14(2)3)10-11-21-16/h14-18H,5-13H2,1-4H3. The van der Waals surface area contributed by atoms with Crippen LogP contribution in [0.3, 0.4) is 0 Å². The van der Waals surface area contributed by atoms with Gasteiger partial charge in [0.05, 0.1) is 12.7 Å². The first-order chi connectivity index (χ1) is 10.1. The maximum absolute atomic E-state index is 6.05. The van der Waals surface area contributed by atoms with Gasteiger partial charge in [0.25, 0.3) is 0 Å². The van der Waals surface area contributed by atoms with Gasteiger partial charge in [0.2, 0.25) is 0 Å². The molecule has 4 nitrogen and oxygen atoms in total. The molecule has 3 unspecified atom stereocenters. The van der Waals surface area contributed by atoms with E-state index in [9.17, 15) is 0 Å². The molecule has 0 aliphatic carbocycles. The Morgan fingerprint density at radius 1 is 1.19 bits per heavy atom. The maximum atomic E-state index is 6.05. The Hall–Kier alpha value is -0.160. The van der Waals surface area contributed by atoms with Gasteiger partial charge in [-0.1, -0.05) is 13.3 Å². The van der Waals surface area contributed by atoms with Gasteiger partial charge in [0.15, 0.2) is 0 Å². The van der Waals surface area contributed by atoms with E-state index in [-0.39, 0.29) is 0 Å². The van der Waals surface area contributed by atoms with Crippen LogP contribution in [0.2, 0.25) is 0 Å². The summed E-state index contributed by atoms with van der Waals surface area (Å²) in [5, 5.41) is 3.62. The van der Waals surface area contributed by atoms with Crippen LogP contribution in [0.5, 0.6) is 0 Å². The van der Waals surface area contributed by atoms with Crippen LogP contribution in [0.15, 0.2) is 0 Å². The third-order valence-electron chi connectivity index (χ3n) is 5.11. The van der Waals surface area contributed by atoms with Gasteiger partial charge >= 0.3 is 0 Å². The van der Waals surface area contributed by atoms with Crippen molar-refractivity contribution in [1.82, 2.24) is 15.1 Å². The van der Waals surface area contributed by atoms with E-state index in [4.69, 9.17) is 4.74 Å². The fourth-order valence-corrected chi connectivity index (χ4v) is 3.85. The number of hydrogen-bond acceptors (Lipinski definition) is 4. The highest BCUT2D eigenvalue weighted by molar-refractivity contribution is 4.87. The van der Waals surface area contributed by atoms with Gasteiger partial charge in [0.1, 0.15) is 0 Å². The zero-order valence-corrected chi connectivity index (χ0v) is 14.5. The average molecular weight is 297 g/mol. The highest BCUT2D eigenvalue weighted by Crippen LogP contribution is 2.21. The van der Waals surface area contributed by atoms with E-state index in [2.05, 4.69) is 42.8 Å². The number of ether oxygens (including phenoxy) is 1. The van der Waals surface area contributed by atoms with E-state index in [1.54, 1.807) is 0 Å². The molecule has 2 heterocycles. The molecule has 2 rings (SSSR count). The lowest BCUT2D eigenvalue weighted by atomic mass is 9.96. The fraction of sp³-hybridized carbons (Fsp3) is 1.00. The molecule has 0 spiro atoms. The lowest BCUT2D eigenvalue weighted by molar-refractivity contribution is -0.0618. The molecule has 124 valence electrons. The Balaban J connectivity index is 1.89. The molecule has 0 aromatic heterocycles. The number of hydrogen-bond donors (Lipinski definition) is 1. The molecule has 2 fully saturated rings. The Morgan fingerprint density at radius 3 is 2.71 bits per heavy atom. The quantitative estimate of drug-likeness (QED) is 0.811. The van der Waals surface area contributed by atoms with Crippen LogP contribution in [0.4, 0.5) is 0 Å². The van der Waals surface area contributed by atoms with Crippen molar-refractivity contribution in [3.63, 3.8) is 0 Å². The van der Waals surface area contributed by atoms with Crippen LogP contribution >= 0.6 is 0 Å². The zero-order chi connectivity index (χ0) is 15.2. The molecule has 4 heteroatoms. The Labute approximate surface area is 131 Å². The summed E-state index contributed by atoms with van der Waals surface area (Å²) in [6.07, 6.45) is 4.43. The molecule has 0 saturated carbocycles. The number of likely N-dealkylation sites (N-methyl/N-ethyl adjacent to an activating group) is 1. The van der Waals surface area contributed by atoms with Crippen molar-refractivity contribution >= 4 is 0 Å². The minimum absolute atomic E-state index is 0.385. The van der Waals surface area contributed by atoms with Crippen molar-refractivity contribution in [3.8, 4) is 0 Å². The van der Waals surface area contributed by atoms with Crippen LogP contribution in [-0.2, 0) is 4.74 Å². The topological polar surface area (TPSA) is 27.7 Å². The monoisotopic (exact) mass is 297 g/mol. The molecule has 2 saturated heterocycles. The second-order valence-electron chi connectivity index (χ2n) is 6.99. The molecule has 21 heavy (non-hydrogen) atoms. The molecule has 3 atom stereocenters.